The van der Waals surface area contributed by atoms with Crippen LogP contribution in [0.25, 0.3) is 11.0 Å². The summed E-state index contributed by atoms with van der Waals surface area (Å²) in [6, 6.07) is 6.10. The van der Waals surface area contributed by atoms with Crippen LogP contribution in [0.2, 0.25) is 0 Å². The zero-order valence-corrected chi connectivity index (χ0v) is 11.1. The molecule has 0 atom stereocenters. The van der Waals surface area contributed by atoms with Crippen LogP contribution in [-0.2, 0) is 17.6 Å². The number of aryl methyl sites for hydroxylation is 1. The van der Waals surface area contributed by atoms with Crippen LogP contribution in [0.15, 0.2) is 41.3 Å². The van der Waals surface area contributed by atoms with Crippen molar-refractivity contribution in [1.29, 1.82) is 0 Å². The number of hydrogen-bond donors (Lipinski definition) is 2. The molecule has 0 aliphatic heterocycles. The lowest BCUT2D eigenvalue weighted by atomic mass is 10.1. The molecule has 1 amide bonds. The smallest absolute Gasteiger partial charge is 0.229 e. The van der Waals surface area contributed by atoms with Gasteiger partial charge in [-0.05, 0) is 18.1 Å². The molecule has 2 heterocycles. The molecule has 0 radical (unpaired) electrons. The molecule has 0 fully saturated rings. The van der Waals surface area contributed by atoms with Crippen LogP contribution < -0.4 is 5.32 Å². The largest absolute Gasteiger partial charge is 0.464 e. The summed E-state index contributed by atoms with van der Waals surface area (Å²) in [6.07, 6.45) is 6.10. The SMILES string of the molecule is CCc1ccc2c(CC(=O)Nc3cn[nH]c3)coc2c1. The van der Waals surface area contributed by atoms with E-state index in [4.69, 9.17) is 4.42 Å². The molecule has 3 aromatic rings. The summed E-state index contributed by atoms with van der Waals surface area (Å²) in [5, 5.41) is 10.2. The van der Waals surface area contributed by atoms with E-state index in [0.29, 0.717) is 5.69 Å². The van der Waals surface area contributed by atoms with Crippen LogP contribution in [-0.4, -0.2) is 16.1 Å². The number of fused-ring (bicyclic) bond motifs is 1. The molecule has 20 heavy (non-hydrogen) atoms. The van der Waals surface area contributed by atoms with E-state index in [1.54, 1.807) is 18.7 Å². The van der Waals surface area contributed by atoms with Gasteiger partial charge in [0.2, 0.25) is 5.91 Å². The average molecular weight is 269 g/mol. The number of rotatable bonds is 4. The summed E-state index contributed by atoms with van der Waals surface area (Å²) >= 11 is 0. The highest BCUT2D eigenvalue weighted by atomic mass is 16.3. The van der Waals surface area contributed by atoms with Crippen molar-refractivity contribution in [2.45, 2.75) is 19.8 Å². The average Bonchev–Trinajstić information content (AvgIpc) is 3.08. The highest BCUT2D eigenvalue weighted by Crippen LogP contribution is 2.23. The first-order valence-electron chi connectivity index (χ1n) is 6.54. The van der Waals surface area contributed by atoms with Gasteiger partial charge in [0.25, 0.3) is 0 Å². The van der Waals surface area contributed by atoms with Gasteiger partial charge >= 0.3 is 0 Å². The molecule has 102 valence electrons. The van der Waals surface area contributed by atoms with Gasteiger partial charge in [-0.2, -0.15) is 5.10 Å². The van der Waals surface area contributed by atoms with Crippen molar-refractivity contribution in [3.63, 3.8) is 0 Å². The van der Waals surface area contributed by atoms with Crippen LogP contribution in [0.1, 0.15) is 18.1 Å². The summed E-state index contributed by atoms with van der Waals surface area (Å²) in [4.78, 5) is 12.0. The van der Waals surface area contributed by atoms with E-state index in [1.807, 2.05) is 12.1 Å². The predicted octanol–water partition coefficient (Wildman–Crippen LogP) is 2.90. The maximum Gasteiger partial charge on any atom is 0.229 e. The standard InChI is InChI=1S/C15H15N3O2/c1-2-10-3-4-13-11(9-20-14(13)5-10)6-15(19)18-12-7-16-17-8-12/h3-5,7-9H,2,6H2,1H3,(H,16,17)(H,18,19). The Labute approximate surface area is 116 Å². The molecular formula is C15H15N3O2. The van der Waals surface area contributed by atoms with Gasteiger partial charge in [-0.1, -0.05) is 19.1 Å². The predicted molar refractivity (Wildman–Crippen MR) is 76.5 cm³/mol. The Morgan fingerprint density at radius 2 is 2.35 bits per heavy atom. The minimum Gasteiger partial charge on any atom is -0.464 e. The molecule has 2 N–H and O–H groups in total. The normalized spacial score (nSPS) is 10.8. The lowest BCUT2D eigenvalue weighted by molar-refractivity contribution is -0.115. The van der Waals surface area contributed by atoms with Gasteiger partial charge in [-0.15, -0.1) is 0 Å². The van der Waals surface area contributed by atoms with Crippen molar-refractivity contribution in [1.82, 2.24) is 10.2 Å². The molecule has 0 aliphatic carbocycles. The van der Waals surface area contributed by atoms with Crippen molar-refractivity contribution in [3.05, 3.63) is 48.0 Å². The summed E-state index contributed by atoms with van der Waals surface area (Å²) in [5.41, 5.74) is 3.61. The lowest BCUT2D eigenvalue weighted by Gasteiger charge is -2.01. The van der Waals surface area contributed by atoms with E-state index in [1.165, 1.54) is 5.56 Å². The van der Waals surface area contributed by atoms with Crippen LogP contribution in [0.5, 0.6) is 0 Å². The first-order chi connectivity index (χ1) is 9.76. The highest BCUT2D eigenvalue weighted by molar-refractivity contribution is 5.95. The van der Waals surface area contributed by atoms with Crippen molar-refractivity contribution >= 4 is 22.6 Å². The quantitative estimate of drug-likeness (QED) is 0.765. The first kappa shape index (κ1) is 12.5. The number of nitrogens with zero attached hydrogens (tertiary/aromatic N) is 1. The third-order valence-electron chi connectivity index (χ3n) is 3.26. The zero-order chi connectivity index (χ0) is 13.9. The third-order valence-corrected chi connectivity index (χ3v) is 3.26. The number of benzene rings is 1. The van der Waals surface area contributed by atoms with Gasteiger partial charge in [0.05, 0.1) is 24.6 Å². The van der Waals surface area contributed by atoms with Gasteiger partial charge in [0.1, 0.15) is 5.58 Å². The molecule has 5 heteroatoms. The molecule has 0 spiro atoms. The van der Waals surface area contributed by atoms with E-state index < -0.39 is 0 Å². The number of nitrogens with one attached hydrogen (secondary N) is 2. The van der Waals surface area contributed by atoms with Gasteiger partial charge in [-0.25, -0.2) is 0 Å². The van der Waals surface area contributed by atoms with Crippen molar-refractivity contribution < 1.29 is 9.21 Å². The van der Waals surface area contributed by atoms with E-state index in [9.17, 15) is 4.79 Å². The second-order valence-electron chi connectivity index (χ2n) is 4.66. The minimum atomic E-state index is -0.0892. The van der Waals surface area contributed by atoms with Crippen molar-refractivity contribution in [2.75, 3.05) is 5.32 Å². The third kappa shape index (κ3) is 2.42. The summed E-state index contributed by atoms with van der Waals surface area (Å²) in [5.74, 6) is -0.0892. The molecular weight excluding hydrogens is 254 g/mol. The van der Waals surface area contributed by atoms with Gasteiger partial charge in [0.15, 0.2) is 0 Å². The van der Waals surface area contributed by atoms with Crippen LogP contribution in [0, 0.1) is 0 Å². The molecule has 0 bridgehead atoms. The topological polar surface area (TPSA) is 70.9 Å². The highest BCUT2D eigenvalue weighted by Gasteiger charge is 2.11. The minimum absolute atomic E-state index is 0.0892. The number of aromatic nitrogens is 2. The number of carbonyl (C=O) groups excluding carboxylic acids is 1. The molecule has 3 rings (SSSR count). The number of hydrogen-bond acceptors (Lipinski definition) is 3. The number of furan rings is 1. The maximum atomic E-state index is 12.0. The summed E-state index contributed by atoms with van der Waals surface area (Å²) in [6.45, 7) is 2.10. The zero-order valence-electron chi connectivity index (χ0n) is 11.1. The molecule has 0 saturated heterocycles. The van der Waals surface area contributed by atoms with Crippen LogP contribution >= 0.6 is 0 Å². The Kier molecular flexibility index (Phi) is 3.25. The van der Waals surface area contributed by atoms with E-state index >= 15 is 0 Å². The van der Waals surface area contributed by atoms with Crippen molar-refractivity contribution in [3.8, 4) is 0 Å². The molecule has 1 aromatic carbocycles. The van der Waals surface area contributed by atoms with E-state index in [0.717, 1.165) is 23.0 Å². The Bertz CT molecular complexity index is 729. The molecule has 0 unspecified atom stereocenters. The Balaban J connectivity index is 1.79. The Hall–Kier alpha value is -2.56. The van der Waals surface area contributed by atoms with Crippen molar-refractivity contribution in [2.24, 2.45) is 0 Å². The molecule has 2 aromatic heterocycles. The molecule has 0 saturated carbocycles. The number of carbonyl (C=O) groups is 1. The summed E-state index contributed by atoms with van der Waals surface area (Å²) < 4.78 is 5.53. The Morgan fingerprint density at radius 3 is 3.10 bits per heavy atom. The molecule has 5 nitrogen and oxygen atoms in total. The van der Waals surface area contributed by atoms with E-state index in [2.05, 4.69) is 28.5 Å². The molecule has 0 aliphatic rings. The number of anilines is 1. The second-order valence-corrected chi connectivity index (χ2v) is 4.66. The van der Waals surface area contributed by atoms with Gasteiger partial charge in [-0.3, -0.25) is 9.89 Å². The number of aromatic amines is 1. The van der Waals surface area contributed by atoms with E-state index in [-0.39, 0.29) is 12.3 Å². The second kappa shape index (κ2) is 5.21. The van der Waals surface area contributed by atoms with Gasteiger partial charge < -0.3 is 9.73 Å². The fraction of sp³-hybridized carbons (Fsp3) is 0.200. The summed E-state index contributed by atoms with van der Waals surface area (Å²) in [7, 11) is 0. The fourth-order valence-corrected chi connectivity index (χ4v) is 2.18. The van der Waals surface area contributed by atoms with Gasteiger partial charge in [0, 0.05) is 17.1 Å². The fourth-order valence-electron chi connectivity index (χ4n) is 2.18. The maximum absolute atomic E-state index is 12.0. The van der Waals surface area contributed by atoms with Crippen LogP contribution in [0.3, 0.4) is 0 Å². The number of amides is 1. The van der Waals surface area contributed by atoms with Crippen LogP contribution in [0.4, 0.5) is 5.69 Å². The Morgan fingerprint density at radius 1 is 1.45 bits per heavy atom. The first-order valence-corrected chi connectivity index (χ1v) is 6.54. The monoisotopic (exact) mass is 269 g/mol. The number of H-pyrrole nitrogens is 1. The lowest BCUT2D eigenvalue weighted by Crippen LogP contribution is -2.13.